The van der Waals surface area contributed by atoms with E-state index in [0.717, 1.165) is 29.8 Å². The maximum atomic E-state index is 11.2. The van der Waals surface area contributed by atoms with Gasteiger partial charge in [0.1, 0.15) is 5.69 Å². The Labute approximate surface area is 64.8 Å². The van der Waals surface area contributed by atoms with E-state index in [0.29, 0.717) is 6.42 Å². The van der Waals surface area contributed by atoms with Crippen molar-refractivity contribution in [1.82, 2.24) is 10.2 Å². The second-order valence-corrected chi connectivity index (χ2v) is 2.94. The van der Waals surface area contributed by atoms with Crippen molar-refractivity contribution in [2.45, 2.75) is 26.2 Å². The third kappa shape index (κ3) is 0.878. The fraction of sp³-hybridized carbons (Fsp3) is 0.500. The number of ketones is 1. The summed E-state index contributed by atoms with van der Waals surface area (Å²) in [6.45, 7) is 1.94. The quantitative estimate of drug-likeness (QED) is 0.604. The summed E-state index contributed by atoms with van der Waals surface area (Å²) >= 11 is 0. The summed E-state index contributed by atoms with van der Waals surface area (Å²) in [6, 6.07) is 0. The zero-order valence-electron chi connectivity index (χ0n) is 6.48. The van der Waals surface area contributed by atoms with Gasteiger partial charge < -0.3 is 0 Å². The van der Waals surface area contributed by atoms with Gasteiger partial charge in [-0.05, 0) is 19.8 Å². The Morgan fingerprint density at radius 2 is 2.27 bits per heavy atom. The van der Waals surface area contributed by atoms with E-state index in [1.807, 2.05) is 6.92 Å². The van der Waals surface area contributed by atoms with Crippen LogP contribution < -0.4 is 0 Å². The van der Waals surface area contributed by atoms with E-state index in [4.69, 9.17) is 0 Å². The Balaban J connectivity index is 2.55. The number of Topliss-reactive ketones (excluding diaryl/α,β-unsaturated/α-hetero) is 1. The Hall–Kier alpha value is -1.12. The van der Waals surface area contributed by atoms with Crippen LogP contribution in [0.5, 0.6) is 0 Å². The zero-order valence-corrected chi connectivity index (χ0v) is 6.48. The lowest BCUT2D eigenvalue weighted by atomic mass is 9.95. The van der Waals surface area contributed by atoms with Crippen LogP contribution in [0.1, 0.15) is 34.6 Å². The van der Waals surface area contributed by atoms with Gasteiger partial charge in [0.15, 0.2) is 5.78 Å². The van der Waals surface area contributed by atoms with Gasteiger partial charge in [-0.15, -0.1) is 0 Å². The van der Waals surface area contributed by atoms with Crippen LogP contribution in [-0.2, 0) is 6.42 Å². The lowest BCUT2D eigenvalue weighted by Crippen LogP contribution is -2.09. The Bertz CT molecular complexity index is 301. The summed E-state index contributed by atoms with van der Waals surface area (Å²) in [6.07, 6.45) is 2.66. The maximum absolute atomic E-state index is 11.2. The van der Waals surface area contributed by atoms with Gasteiger partial charge >= 0.3 is 0 Å². The monoisotopic (exact) mass is 150 g/mol. The molecule has 1 N–H and O–H groups in total. The summed E-state index contributed by atoms with van der Waals surface area (Å²) < 4.78 is 0. The molecule has 3 heteroatoms. The number of nitrogens with zero attached hydrogens (tertiary/aromatic N) is 1. The number of H-pyrrole nitrogens is 1. The second-order valence-electron chi connectivity index (χ2n) is 2.94. The standard InChI is InChI=1S/C8H10N2O/c1-5-6-3-2-4-7(11)8(6)10-9-5/h2-4H2,1H3,(H,9,10). The number of carbonyl (C=O) groups is 1. The van der Waals surface area contributed by atoms with E-state index in [1.54, 1.807) is 0 Å². The molecule has 3 nitrogen and oxygen atoms in total. The molecule has 58 valence electrons. The molecule has 2 rings (SSSR count). The molecule has 0 unspecified atom stereocenters. The molecule has 0 spiro atoms. The van der Waals surface area contributed by atoms with Crippen molar-refractivity contribution < 1.29 is 4.79 Å². The number of hydrogen-bond donors (Lipinski definition) is 1. The molecule has 0 amide bonds. The molecule has 1 aromatic rings. The number of aromatic amines is 1. The van der Waals surface area contributed by atoms with E-state index in [2.05, 4.69) is 10.2 Å². The van der Waals surface area contributed by atoms with E-state index >= 15 is 0 Å². The van der Waals surface area contributed by atoms with Gasteiger partial charge in [0.2, 0.25) is 0 Å². The first-order chi connectivity index (χ1) is 5.29. The van der Waals surface area contributed by atoms with Gasteiger partial charge in [-0.2, -0.15) is 5.10 Å². The van der Waals surface area contributed by atoms with Crippen LogP contribution in [0.4, 0.5) is 0 Å². The zero-order chi connectivity index (χ0) is 7.84. The number of carbonyl (C=O) groups excluding carboxylic acids is 1. The molecule has 0 saturated carbocycles. The highest BCUT2D eigenvalue weighted by Crippen LogP contribution is 2.20. The minimum absolute atomic E-state index is 0.215. The first-order valence-electron chi connectivity index (χ1n) is 3.86. The highest BCUT2D eigenvalue weighted by atomic mass is 16.1. The van der Waals surface area contributed by atoms with E-state index in [9.17, 15) is 4.79 Å². The number of aromatic nitrogens is 2. The van der Waals surface area contributed by atoms with Gasteiger partial charge in [0, 0.05) is 12.0 Å². The molecule has 0 saturated heterocycles. The number of aryl methyl sites for hydroxylation is 1. The van der Waals surface area contributed by atoms with E-state index < -0.39 is 0 Å². The van der Waals surface area contributed by atoms with Crippen LogP contribution in [-0.4, -0.2) is 16.0 Å². The third-order valence-electron chi connectivity index (χ3n) is 2.18. The van der Waals surface area contributed by atoms with E-state index in [1.165, 1.54) is 0 Å². The predicted octanol–water partition coefficient (Wildman–Crippen LogP) is 1.24. The van der Waals surface area contributed by atoms with Gasteiger partial charge in [0.05, 0.1) is 5.69 Å². The van der Waals surface area contributed by atoms with Crippen molar-refractivity contribution in [3.05, 3.63) is 17.0 Å². The van der Waals surface area contributed by atoms with Crippen molar-refractivity contribution in [3.63, 3.8) is 0 Å². The predicted molar refractivity (Wildman–Crippen MR) is 40.6 cm³/mol. The van der Waals surface area contributed by atoms with Crippen LogP contribution in [0.3, 0.4) is 0 Å². The minimum atomic E-state index is 0.215. The highest BCUT2D eigenvalue weighted by Gasteiger charge is 2.20. The Kier molecular flexibility index (Phi) is 1.31. The lowest BCUT2D eigenvalue weighted by Gasteiger charge is -2.08. The summed E-state index contributed by atoms with van der Waals surface area (Å²) in [4.78, 5) is 11.2. The topological polar surface area (TPSA) is 45.8 Å². The first-order valence-corrected chi connectivity index (χ1v) is 3.86. The molecule has 1 aromatic heterocycles. The molecule has 0 bridgehead atoms. The average Bonchev–Trinajstić information content (AvgIpc) is 2.35. The number of nitrogens with one attached hydrogen (secondary N) is 1. The van der Waals surface area contributed by atoms with Gasteiger partial charge in [0.25, 0.3) is 0 Å². The molecule has 0 aliphatic heterocycles. The van der Waals surface area contributed by atoms with Crippen LogP contribution >= 0.6 is 0 Å². The Morgan fingerprint density at radius 1 is 1.45 bits per heavy atom. The van der Waals surface area contributed by atoms with Crippen molar-refractivity contribution in [3.8, 4) is 0 Å². The smallest absolute Gasteiger partial charge is 0.180 e. The van der Waals surface area contributed by atoms with Gasteiger partial charge in [-0.3, -0.25) is 9.89 Å². The summed E-state index contributed by atoms with van der Waals surface area (Å²) in [7, 11) is 0. The number of fused-ring (bicyclic) bond motifs is 1. The Morgan fingerprint density at radius 3 is 3.00 bits per heavy atom. The van der Waals surface area contributed by atoms with Gasteiger partial charge in [-0.25, -0.2) is 0 Å². The van der Waals surface area contributed by atoms with E-state index in [-0.39, 0.29) is 5.78 Å². The fourth-order valence-corrected chi connectivity index (χ4v) is 1.54. The molecule has 1 heterocycles. The summed E-state index contributed by atoms with van der Waals surface area (Å²) in [5, 5.41) is 6.78. The molecule has 0 atom stereocenters. The first kappa shape index (κ1) is 6.58. The van der Waals surface area contributed by atoms with Crippen molar-refractivity contribution in [2.75, 3.05) is 0 Å². The average molecular weight is 150 g/mol. The molecule has 1 aliphatic carbocycles. The van der Waals surface area contributed by atoms with Crippen LogP contribution in [0.25, 0.3) is 0 Å². The largest absolute Gasteiger partial charge is 0.292 e. The minimum Gasteiger partial charge on any atom is -0.292 e. The van der Waals surface area contributed by atoms with Gasteiger partial charge in [-0.1, -0.05) is 0 Å². The summed E-state index contributed by atoms with van der Waals surface area (Å²) in [5.74, 6) is 0.215. The lowest BCUT2D eigenvalue weighted by molar-refractivity contribution is 0.0967. The molecule has 0 radical (unpaired) electrons. The number of rotatable bonds is 0. The SMILES string of the molecule is Cc1n[nH]c2c1CCCC2=O. The van der Waals surface area contributed by atoms with Crippen molar-refractivity contribution in [1.29, 1.82) is 0 Å². The molecule has 0 aromatic carbocycles. The molecule has 1 aliphatic rings. The molecule has 0 fully saturated rings. The summed E-state index contributed by atoms with van der Waals surface area (Å²) in [5.41, 5.74) is 2.85. The second kappa shape index (κ2) is 2.19. The van der Waals surface area contributed by atoms with Crippen molar-refractivity contribution >= 4 is 5.78 Å². The molecular formula is C8H10N2O. The van der Waals surface area contributed by atoms with Crippen molar-refractivity contribution in [2.24, 2.45) is 0 Å². The fourth-order valence-electron chi connectivity index (χ4n) is 1.54. The molecular weight excluding hydrogens is 140 g/mol. The normalized spacial score (nSPS) is 16.6. The highest BCUT2D eigenvalue weighted by molar-refractivity contribution is 5.96. The number of hydrogen-bond acceptors (Lipinski definition) is 2. The maximum Gasteiger partial charge on any atom is 0.180 e. The third-order valence-corrected chi connectivity index (χ3v) is 2.18. The molecule has 11 heavy (non-hydrogen) atoms. The van der Waals surface area contributed by atoms with Crippen LogP contribution in [0.2, 0.25) is 0 Å². The van der Waals surface area contributed by atoms with Crippen LogP contribution in [0.15, 0.2) is 0 Å². The van der Waals surface area contributed by atoms with Crippen LogP contribution in [0, 0.1) is 6.92 Å².